The molecular weight excluding hydrogens is 238 g/mol. The number of hydrogen-bond donors (Lipinski definition) is 2. The van der Waals surface area contributed by atoms with E-state index in [0.29, 0.717) is 19.8 Å². The lowest BCUT2D eigenvalue weighted by molar-refractivity contribution is -0.0311. The molecule has 0 aromatic carbocycles. The molecule has 0 aliphatic heterocycles. The van der Waals surface area contributed by atoms with Crippen molar-refractivity contribution in [3.8, 4) is 0 Å². The van der Waals surface area contributed by atoms with Crippen molar-refractivity contribution in [3.63, 3.8) is 0 Å². The zero-order chi connectivity index (χ0) is 12.5. The van der Waals surface area contributed by atoms with Crippen molar-refractivity contribution < 1.29 is 14.6 Å². The molecule has 2 unspecified atom stereocenters. The molecule has 1 rings (SSSR count). The smallest absolute Gasteiger partial charge is 0.0897 e. The van der Waals surface area contributed by atoms with Crippen LogP contribution in [0, 0.1) is 0 Å². The molecule has 17 heavy (non-hydrogen) atoms. The van der Waals surface area contributed by atoms with Gasteiger partial charge in [0.2, 0.25) is 0 Å². The molecule has 5 heteroatoms. The van der Waals surface area contributed by atoms with E-state index in [2.05, 4.69) is 16.8 Å². The highest BCUT2D eigenvalue weighted by Crippen LogP contribution is 2.04. The fraction of sp³-hybridized carbons (Fsp3) is 0.667. The molecule has 0 bridgehead atoms. The van der Waals surface area contributed by atoms with Crippen LogP contribution in [0.1, 0.15) is 12.5 Å². The van der Waals surface area contributed by atoms with Gasteiger partial charge in [0.05, 0.1) is 25.4 Å². The topological polar surface area (TPSA) is 50.7 Å². The van der Waals surface area contributed by atoms with Crippen molar-refractivity contribution in [2.45, 2.75) is 25.7 Å². The maximum atomic E-state index is 9.67. The minimum Gasteiger partial charge on any atom is -0.389 e. The zero-order valence-corrected chi connectivity index (χ0v) is 11.2. The van der Waals surface area contributed by atoms with Crippen LogP contribution in [0.3, 0.4) is 0 Å². The number of rotatable bonds is 9. The molecule has 0 amide bonds. The molecule has 1 heterocycles. The summed E-state index contributed by atoms with van der Waals surface area (Å²) < 4.78 is 10.4. The van der Waals surface area contributed by atoms with Crippen LogP contribution in [-0.2, 0) is 16.0 Å². The first-order chi connectivity index (χ1) is 8.22. The quantitative estimate of drug-likeness (QED) is 0.701. The molecule has 0 fully saturated rings. The molecule has 1 aromatic rings. The summed E-state index contributed by atoms with van der Waals surface area (Å²) in [5.41, 5.74) is 1.25. The lowest BCUT2D eigenvalue weighted by Crippen LogP contribution is -2.32. The van der Waals surface area contributed by atoms with Gasteiger partial charge in [0.15, 0.2) is 0 Å². The van der Waals surface area contributed by atoms with Gasteiger partial charge < -0.3 is 19.9 Å². The largest absolute Gasteiger partial charge is 0.389 e. The highest BCUT2D eigenvalue weighted by atomic mass is 32.1. The average molecular weight is 259 g/mol. The summed E-state index contributed by atoms with van der Waals surface area (Å²) in [5, 5.41) is 17.0. The van der Waals surface area contributed by atoms with Gasteiger partial charge in [-0.1, -0.05) is 0 Å². The fourth-order valence-corrected chi connectivity index (χ4v) is 2.06. The third kappa shape index (κ3) is 6.75. The summed E-state index contributed by atoms with van der Waals surface area (Å²) in [6, 6.07) is 2.07. The highest BCUT2D eigenvalue weighted by molar-refractivity contribution is 7.07. The molecule has 0 aliphatic rings. The second-order valence-electron chi connectivity index (χ2n) is 4.02. The second-order valence-corrected chi connectivity index (χ2v) is 4.80. The summed E-state index contributed by atoms with van der Waals surface area (Å²) in [6.07, 6.45) is -0.459. The summed E-state index contributed by atoms with van der Waals surface area (Å²) in [6.45, 7) is 4.13. The normalized spacial score (nSPS) is 14.8. The molecular formula is C12H21NO3S. The lowest BCUT2D eigenvalue weighted by atomic mass is 10.3. The molecule has 0 spiro atoms. The van der Waals surface area contributed by atoms with Crippen molar-refractivity contribution in [1.29, 1.82) is 0 Å². The summed E-state index contributed by atoms with van der Waals surface area (Å²) in [7, 11) is 1.64. The lowest BCUT2D eigenvalue weighted by Gasteiger charge is -2.16. The molecule has 0 aliphatic carbocycles. The van der Waals surface area contributed by atoms with E-state index in [1.54, 1.807) is 18.4 Å². The Morgan fingerprint density at radius 3 is 2.94 bits per heavy atom. The third-order valence-electron chi connectivity index (χ3n) is 2.26. The van der Waals surface area contributed by atoms with E-state index in [1.807, 2.05) is 12.3 Å². The van der Waals surface area contributed by atoms with Crippen molar-refractivity contribution in [2.75, 3.05) is 26.9 Å². The Kier molecular flexibility index (Phi) is 7.39. The van der Waals surface area contributed by atoms with Gasteiger partial charge in [-0.15, -0.1) is 0 Å². The number of hydrogen-bond acceptors (Lipinski definition) is 5. The van der Waals surface area contributed by atoms with Gasteiger partial charge in [0.25, 0.3) is 0 Å². The van der Waals surface area contributed by atoms with E-state index in [0.717, 1.165) is 6.54 Å². The number of ether oxygens (including phenoxy) is 2. The van der Waals surface area contributed by atoms with Crippen LogP contribution in [0.15, 0.2) is 16.8 Å². The van der Waals surface area contributed by atoms with Crippen LogP contribution >= 0.6 is 11.3 Å². The molecule has 0 saturated heterocycles. The third-order valence-corrected chi connectivity index (χ3v) is 3.00. The van der Waals surface area contributed by atoms with Gasteiger partial charge >= 0.3 is 0 Å². The predicted octanol–water partition coefficient (Wildman–Crippen LogP) is 1.25. The number of thiophene rings is 1. The molecule has 4 nitrogen and oxygen atoms in total. The molecule has 0 radical (unpaired) electrons. The predicted molar refractivity (Wildman–Crippen MR) is 69.3 cm³/mol. The van der Waals surface area contributed by atoms with E-state index < -0.39 is 6.10 Å². The Bertz CT molecular complexity index is 279. The molecule has 2 atom stereocenters. The van der Waals surface area contributed by atoms with E-state index in [-0.39, 0.29) is 6.10 Å². The van der Waals surface area contributed by atoms with Crippen LogP contribution in [0.2, 0.25) is 0 Å². The molecule has 0 saturated carbocycles. The average Bonchev–Trinajstić information content (AvgIpc) is 2.80. The number of methoxy groups -OCH3 is 1. The SMILES string of the molecule is COCC(C)OCC(O)CNCc1ccsc1. The van der Waals surface area contributed by atoms with Crippen molar-refractivity contribution in [1.82, 2.24) is 5.32 Å². The van der Waals surface area contributed by atoms with Crippen molar-refractivity contribution in [2.24, 2.45) is 0 Å². The number of aliphatic hydroxyl groups excluding tert-OH is 1. The van der Waals surface area contributed by atoms with Gasteiger partial charge in [-0.3, -0.25) is 0 Å². The Morgan fingerprint density at radius 1 is 1.47 bits per heavy atom. The van der Waals surface area contributed by atoms with Crippen molar-refractivity contribution >= 4 is 11.3 Å². The van der Waals surface area contributed by atoms with Crippen molar-refractivity contribution in [3.05, 3.63) is 22.4 Å². The van der Waals surface area contributed by atoms with Crippen LogP contribution in [0.5, 0.6) is 0 Å². The zero-order valence-electron chi connectivity index (χ0n) is 10.4. The Labute approximate surface area is 107 Å². The summed E-state index contributed by atoms with van der Waals surface area (Å²) in [5.74, 6) is 0. The second kappa shape index (κ2) is 8.60. The maximum absolute atomic E-state index is 9.67. The molecule has 1 aromatic heterocycles. The van der Waals surface area contributed by atoms with E-state index >= 15 is 0 Å². The highest BCUT2D eigenvalue weighted by Gasteiger charge is 2.07. The fourth-order valence-electron chi connectivity index (χ4n) is 1.39. The minimum atomic E-state index is -0.479. The van der Waals surface area contributed by atoms with Gasteiger partial charge in [-0.2, -0.15) is 11.3 Å². The Hall–Kier alpha value is -0.460. The van der Waals surface area contributed by atoms with Gasteiger partial charge in [0.1, 0.15) is 0 Å². The van der Waals surface area contributed by atoms with Crippen LogP contribution < -0.4 is 5.32 Å². The molecule has 2 N–H and O–H groups in total. The van der Waals surface area contributed by atoms with Gasteiger partial charge in [0, 0.05) is 20.2 Å². The summed E-state index contributed by atoms with van der Waals surface area (Å²) >= 11 is 1.68. The van der Waals surface area contributed by atoms with Crippen LogP contribution in [0.25, 0.3) is 0 Å². The Morgan fingerprint density at radius 2 is 2.29 bits per heavy atom. The first kappa shape index (κ1) is 14.6. The van der Waals surface area contributed by atoms with Crippen LogP contribution in [0.4, 0.5) is 0 Å². The minimum absolute atomic E-state index is 0.0199. The van der Waals surface area contributed by atoms with Crippen LogP contribution in [-0.4, -0.2) is 44.2 Å². The summed E-state index contributed by atoms with van der Waals surface area (Å²) in [4.78, 5) is 0. The van der Waals surface area contributed by atoms with Gasteiger partial charge in [-0.25, -0.2) is 0 Å². The molecule has 98 valence electrons. The monoisotopic (exact) mass is 259 g/mol. The first-order valence-corrected chi connectivity index (χ1v) is 6.67. The van der Waals surface area contributed by atoms with Gasteiger partial charge in [-0.05, 0) is 29.3 Å². The number of aliphatic hydroxyl groups is 1. The first-order valence-electron chi connectivity index (χ1n) is 5.72. The Balaban J connectivity index is 2.03. The number of nitrogens with one attached hydrogen (secondary N) is 1. The van der Waals surface area contributed by atoms with E-state index in [1.165, 1.54) is 5.56 Å². The van der Waals surface area contributed by atoms with E-state index in [9.17, 15) is 5.11 Å². The van der Waals surface area contributed by atoms with E-state index in [4.69, 9.17) is 9.47 Å². The standard InChI is InChI=1S/C12H21NO3S/c1-10(7-15-2)16-8-12(14)6-13-5-11-3-4-17-9-11/h3-4,9-10,12-14H,5-8H2,1-2H3. The maximum Gasteiger partial charge on any atom is 0.0897 e.